The van der Waals surface area contributed by atoms with Gasteiger partial charge >= 0.3 is 0 Å². The fraction of sp³-hybridized carbons (Fsp3) is 0.143. The molecular formula is C14H15NO3S. The number of para-hydroxylation sites is 1. The second-order valence-electron chi connectivity index (χ2n) is 4.32. The van der Waals surface area contributed by atoms with Gasteiger partial charge in [0.25, 0.3) is 10.1 Å². The van der Waals surface area contributed by atoms with E-state index in [0.29, 0.717) is 11.3 Å². The second-order valence-corrected chi connectivity index (χ2v) is 5.82. The SMILES string of the molecule is Cc1ccc(C(Nc2ccccc2)S(=O)(=O)O)cc1. The Morgan fingerprint density at radius 1 is 1.00 bits per heavy atom. The molecule has 0 aromatic heterocycles. The number of nitrogens with one attached hydrogen (secondary N) is 1. The first-order valence-corrected chi connectivity index (χ1v) is 7.31. The van der Waals surface area contributed by atoms with Crippen molar-refractivity contribution < 1.29 is 13.0 Å². The summed E-state index contributed by atoms with van der Waals surface area (Å²) in [5.41, 5.74) is 2.15. The molecule has 0 fully saturated rings. The Hall–Kier alpha value is -1.85. The molecule has 2 N–H and O–H groups in total. The molecule has 0 aliphatic heterocycles. The van der Waals surface area contributed by atoms with E-state index in [4.69, 9.17) is 0 Å². The summed E-state index contributed by atoms with van der Waals surface area (Å²) >= 11 is 0. The van der Waals surface area contributed by atoms with Crippen LogP contribution in [0, 0.1) is 6.92 Å². The van der Waals surface area contributed by atoms with Gasteiger partial charge in [0.15, 0.2) is 5.37 Å². The van der Waals surface area contributed by atoms with Gasteiger partial charge in [0, 0.05) is 5.69 Å². The van der Waals surface area contributed by atoms with Crippen molar-refractivity contribution in [1.29, 1.82) is 0 Å². The average molecular weight is 277 g/mol. The van der Waals surface area contributed by atoms with Gasteiger partial charge in [-0.15, -0.1) is 0 Å². The molecule has 0 amide bonds. The maximum atomic E-state index is 11.5. The van der Waals surface area contributed by atoms with Crippen LogP contribution < -0.4 is 5.32 Å². The second kappa shape index (κ2) is 5.42. The lowest BCUT2D eigenvalue weighted by Gasteiger charge is -2.17. The van der Waals surface area contributed by atoms with Gasteiger partial charge in [-0.25, -0.2) is 0 Å². The van der Waals surface area contributed by atoms with Crippen LogP contribution in [0.25, 0.3) is 0 Å². The minimum absolute atomic E-state index is 0.497. The van der Waals surface area contributed by atoms with Gasteiger partial charge in [-0.3, -0.25) is 4.55 Å². The molecular weight excluding hydrogens is 262 g/mol. The third kappa shape index (κ3) is 3.56. The molecule has 0 aliphatic carbocycles. The number of anilines is 1. The maximum Gasteiger partial charge on any atom is 0.290 e. The summed E-state index contributed by atoms with van der Waals surface area (Å²) in [6, 6.07) is 15.9. The number of aryl methyl sites for hydroxylation is 1. The maximum absolute atomic E-state index is 11.5. The van der Waals surface area contributed by atoms with Crippen LogP contribution in [0.4, 0.5) is 5.69 Å². The highest BCUT2D eigenvalue weighted by Crippen LogP contribution is 2.24. The first kappa shape index (κ1) is 13.6. The number of rotatable bonds is 4. The van der Waals surface area contributed by atoms with Gasteiger partial charge < -0.3 is 5.32 Å². The lowest BCUT2D eigenvalue weighted by molar-refractivity contribution is 0.473. The van der Waals surface area contributed by atoms with Crippen molar-refractivity contribution in [2.45, 2.75) is 12.3 Å². The molecule has 0 radical (unpaired) electrons. The summed E-state index contributed by atoms with van der Waals surface area (Å²) in [4.78, 5) is 0. The van der Waals surface area contributed by atoms with E-state index in [1.165, 1.54) is 0 Å². The predicted molar refractivity (Wildman–Crippen MR) is 75.5 cm³/mol. The average Bonchev–Trinajstić information content (AvgIpc) is 2.37. The Labute approximate surface area is 112 Å². The summed E-state index contributed by atoms with van der Waals surface area (Å²) in [6.45, 7) is 1.91. The minimum Gasteiger partial charge on any atom is -0.363 e. The fourth-order valence-electron chi connectivity index (χ4n) is 1.76. The highest BCUT2D eigenvalue weighted by atomic mass is 32.2. The molecule has 1 unspecified atom stereocenters. The van der Waals surface area contributed by atoms with Crippen LogP contribution in [0.15, 0.2) is 54.6 Å². The lowest BCUT2D eigenvalue weighted by Crippen LogP contribution is -2.20. The van der Waals surface area contributed by atoms with Gasteiger partial charge in [-0.1, -0.05) is 48.0 Å². The van der Waals surface area contributed by atoms with Crippen molar-refractivity contribution in [2.24, 2.45) is 0 Å². The van der Waals surface area contributed by atoms with E-state index in [9.17, 15) is 13.0 Å². The number of hydrogen-bond acceptors (Lipinski definition) is 3. The normalized spacial score (nSPS) is 12.9. The van der Waals surface area contributed by atoms with Crippen LogP contribution in [0.5, 0.6) is 0 Å². The largest absolute Gasteiger partial charge is 0.363 e. The van der Waals surface area contributed by atoms with Crippen LogP contribution in [-0.2, 0) is 10.1 Å². The molecule has 0 saturated heterocycles. The molecule has 100 valence electrons. The van der Waals surface area contributed by atoms with Crippen molar-refractivity contribution in [2.75, 3.05) is 5.32 Å². The Morgan fingerprint density at radius 2 is 1.58 bits per heavy atom. The van der Waals surface area contributed by atoms with Gasteiger partial charge in [0.05, 0.1) is 0 Å². The third-order valence-electron chi connectivity index (χ3n) is 2.75. The highest BCUT2D eigenvalue weighted by Gasteiger charge is 2.24. The molecule has 5 heteroatoms. The molecule has 2 aromatic carbocycles. The van der Waals surface area contributed by atoms with Crippen molar-refractivity contribution in [3.8, 4) is 0 Å². The van der Waals surface area contributed by atoms with Gasteiger partial charge in [0.1, 0.15) is 0 Å². The van der Waals surface area contributed by atoms with E-state index in [1.807, 2.05) is 13.0 Å². The Bertz CT molecular complexity index is 636. The van der Waals surface area contributed by atoms with E-state index in [2.05, 4.69) is 5.32 Å². The zero-order valence-corrected chi connectivity index (χ0v) is 11.3. The van der Waals surface area contributed by atoms with Crippen LogP contribution in [0.1, 0.15) is 16.5 Å². The van der Waals surface area contributed by atoms with Crippen LogP contribution in [0.2, 0.25) is 0 Å². The standard InChI is InChI=1S/C14H15NO3S/c1-11-7-9-12(10-8-11)14(19(16,17)18)15-13-5-3-2-4-6-13/h2-10,14-15H,1H3,(H,16,17,18). The molecule has 19 heavy (non-hydrogen) atoms. The molecule has 2 aromatic rings. The van der Waals surface area contributed by atoms with Gasteiger partial charge in [-0.05, 0) is 24.6 Å². The molecule has 0 heterocycles. The summed E-state index contributed by atoms with van der Waals surface area (Å²) in [6.07, 6.45) is 0. The zero-order valence-electron chi connectivity index (χ0n) is 10.4. The molecule has 0 bridgehead atoms. The van der Waals surface area contributed by atoms with E-state index < -0.39 is 15.5 Å². The third-order valence-corrected chi connectivity index (χ3v) is 3.74. The summed E-state index contributed by atoms with van der Waals surface area (Å²) in [5.74, 6) is 0. The topological polar surface area (TPSA) is 66.4 Å². The van der Waals surface area contributed by atoms with E-state index in [1.54, 1.807) is 48.5 Å². The van der Waals surface area contributed by atoms with Crippen molar-refractivity contribution in [3.05, 3.63) is 65.7 Å². The number of hydrogen-bond donors (Lipinski definition) is 2. The molecule has 0 aliphatic rings. The summed E-state index contributed by atoms with van der Waals surface area (Å²) in [7, 11) is -4.24. The minimum atomic E-state index is -4.24. The van der Waals surface area contributed by atoms with Crippen LogP contribution >= 0.6 is 0 Å². The molecule has 4 nitrogen and oxygen atoms in total. The quantitative estimate of drug-likeness (QED) is 0.843. The first-order chi connectivity index (χ1) is 8.97. The number of benzene rings is 2. The Balaban J connectivity index is 2.35. The Kier molecular flexibility index (Phi) is 3.87. The molecule has 2 rings (SSSR count). The smallest absolute Gasteiger partial charge is 0.290 e. The monoisotopic (exact) mass is 277 g/mol. The van der Waals surface area contributed by atoms with E-state index in [0.717, 1.165) is 5.56 Å². The van der Waals surface area contributed by atoms with Gasteiger partial charge in [-0.2, -0.15) is 8.42 Å². The zero-order chi connectivity index (χ0) is 13.9. The van der Waals surface area contributed by atoms with Crippen molar-refractivity contribution in [1.82, 2.24) is 0 Å². The summed E-state index contributed by atoms with van der Waals surface area (Å²) < 4.78 is 32.4. The first-order valence-electron chi connectivity index (χ1n) is 5.81. The Morgan fingerprint density at radius 3 is 2.11 bits per heavy atom. The fourth-order valence-corrected chi connectivity index (χ4v) is 2.54. The predicted octanol–water partition coefficient (Wildman–Crippen LogP) is 2.99. The van der Waals surface area contributed by atoms with E-state index >= 15 is 0 Å². The highest BCUT2D eigenvalue weighted by molar-refractivity contribution is 7.86. The van der Waals surface area contributed by atoms with Crippen LogP contribution in [0.3, 0.4) is 0 Å². The van der Waals surface area contributed by atoms with E-state index in [-0.39, 0.29) is 0 Å². The molecule has 1 atom stereocenters. The van der Waals surface area contributed by atoms with Crippen molar-refractivity contribution >= 4 is 15.8 Å². The lowest BCUT2D eigenvalue weighted by atomic mass is 10.1. The van der Waals surface area contributed by atoms with Crippen LogP contribution in [-0.4, -0.2) is 13.0 Å². The van der Waals surface area contributed by atoms with Crippen molar-refractivity contribution in [3.63, 3.8) is 0 Å². The summed E-state index contributed by atoms with van der Waals surface area (Å²) in [5, 5.41) is 1.65. The van der Waals surface area contributed by atoms with Gasteiger partial charge in [0.2, 0.25) is 0 Å². The molecule has 0 spiro atoms. The molecule has 0 saturated carbocycles.